The lowest BCUT2D eigenvalue weighted by molar-refractivity contribution is 0.0783. The van der Waals surface area contributed by atoms with Crippen molar-refractivity contribution in [1.82, 2.24) is 9.47 Å². The van der Waals surface area contributed by atoms with Crippen LogP contribution in [0, 0.1) is 0 Å². The van der Waals surface area contributed by atoms with Gasteiger partial charge in [0.2, 0.25) is 0 Å². The first-order valence-corrected chi connectivity index (χ1v) is 8.06. The van der Waals surface area contributed by atoms with Crippen molar-refractivity contribution in [1.29, 1.82) is 0 Å². The molecule has 0 unspecified atom stereocenters. The van der Waals surface area contributed by atoms with E-state index < -0.39 is 0 Å². The first-order chi connectivity index (χ1) is 10.1. The molecule has 4 heteroatoms. The summed E-state index contributed by atoms with van der Waals surface area (Å²) in [6.07, 6.45) is 3.92. The number of amides is 1. The quantitative estimate of drug-likeness (QED) is 0.775. The lowest BCUT2D eigenvalue weighted by Crippen LogP contribution is -2.29. The second-order valence-corrected chi connectivity index (χ2v) is 6.06. The van der Waals surface area contributed by atoms with Crippen LogP contribution < -0.4 is 0 Å². The Kier molecular flexibility index (Phi) is 5.62. The molecule has 112 valence electrons. The van der Waals surface area contributed by atoms with Gasteiger partial charge in [-0.15, -0.1) is 0 Å². The van der Waals surface area contributed by atoms with E-state index in [1.165, 1.54) is 5.56 Å². The summed E-state index contributed by atoms with van der Waals surface area (Å²) in [7, 11) is 1.87. The predicted molar refractivity (Wildman–Crippen MR) is 89.5 cm³/mol. The third-order valence-corrected chi connectivity index (χ3v) is 4.01. The SMILES string of the molecule is CCn1cc(Br)cc1C(=O)N(C)CCCc1ccccc1. The second kappa shape index (κ2) is 7.46. The fourth-order valence-electron chi connectivity index (χ4n) is 2.38. The summed E-state index contributed by atoms with van der Waals surface area (Å²) in [6.45, 7) is 3.60. The Morgan fingerprint density at radius 3 is 2.67 bits per heavy atom. The average Bonchev–Trinajstić information content (AvgIpc) is 2.88. The van der Waals surface area contributed by atoms with Crippen molar-refractivity contribution in [2.75, 3.05) is 13.6 Å². The minimum atomic E-state index is 0.0793. The molecule has 2 rings (SSSR count). The smallest absolute Gasteiger partial charge is 0.270 e. The molecule has 2 aromatic rings. The van der Waals surface area contributed by atoms with E-state index in [-0.39, 0.29) is 5.91 Å². The summed E-state index contributed by atoms with van der Waals surface area (Å²) < 4.78 is 2.92. The molecule has 21 heavy (non-hydrogen) atoms. The van der Waals surface area contributed by atoms with Gasteiger partial charge in [0, 0.05) is 30.8 Å². The molecule has 1 aromatic heterocycles. The van der Waals surface area contributed by atoms with E-state index in [0.29, 0.717) is 0 Å². The van der Waals surface area contributed by atoms with Gasteiger partial charge in [-0.1, -0.05) is 30.3 Å². The van der Waals surface area contributed by atoms with Crippen molar-refractivity contribution in [3.63, 3.8) is 0 Å². The van der Waals surface area contributed by atoms with Crippen LogP contribution in [0.2, 0.25) is 0 Å². The van der Waals surface area contributed by atoms with Gasteiger partial charge in [-0.3, -0.25) is 4.79 Å². The van der Waals surface area contributed by atoms with Crippen LogP contribution in [0.5, 0.6) is 0 Å². The highest BCUT2D eigenvalue weighted by Crippen LogP contribution is 2.16. The number of nitrogens with zero attached hydrogens (tertiary/aromatic N) is 2. The molecule has 1 heterocycles. The minimum Gasteiger partial charge on any atom is -0.343 e. The highest BCUT2D eigenvalue weighted by Gasteiger charge is 2.16. The minimum absolute atomic E-state index is 0.0793. The Morgan fingerprint density at radius 2 is 2.00 bits per heavy atom. The second-order valence-electron chi connectivity index (χ2n) is 5.15. The summed E-state index contributed by atoms with van der Waals surface area (Å²) in [4.78, 5) is 14.3. The maximum atomic E-state index is 12.5. The number of hydrogen-bond donors (Lipinski definition) is 0. The fourth-order valence-corrected chi connectivity index (χ4v) is 2.84. The molecule has 0 atom stereocenters. The summed E-state index contributed by atoms with van der Waals surface area (Å²) in [5, 5.41) is 0. The summed E-state index contributed by atoms with van der Waals surface area (Å²) >= 11 is 3.43. The molecular formula is C17H21BrN2O. The van der Waals surface area contributed by atoms with E-state index >= 15 is 0 Å². The van der Waals surface area contributed by atoms with E-state index in [9.17, 15) is 4.79 Å². The largest absolute Gasteiger partial charge is 0.343 e. The van der Waals surface area contributed by atoms with Crippen LogP contribution in [0.4, 0.5) is 0 Å². The van der Waals surface area contributed by atoms with E-state index in [1.807, 2.05) is 36.9 Å². The highest BCUT2D eigenvalue weighted by molar-refractivity contribution is 9.10. The van der Waals surface area contributed by atoms with Crippen LogP contribution in [0.25, 0.3) is 0 Å². The molecule has 0 radical (unpaired) electrons. The summed E-state index contributed by atoms with van der Waals surface area (Å²) in [5.41, 5.74) is 2.06. The molecule has 3 nitrogen and oxygen atoms in total. The molecule has 1 aromatic carbocycles. The third kappa shape index (κ3) is 4.21. The summed E-state index contributed by atoms with van der Waals surface area (Å²) in [6, 6.07) is 12.3. The number of carbonyl (C=O) groups is 1. The van der Waals surface area contributed by atoms with E-state index in [2.05, 4.69) is 40.2 Å². The van der Waals surface area contributed by atoms with Gasteiger partial charge in [-0.25, -0.2) is 0 Å². The molecule has 0 saturated carbocycles. The maximum absolute atomic E-state index is 12.5. The van der Waals surface area contributed by atoms with Gasteiger partial charge in [0.15, 0.2) is 0 Å². The zero-order chi connectivity index (χ0) is 15.2. The van der Waals surface area contributed by atoms with Gasteiger partial charge < -0.3 is 9.47 Å². The Balaban J connectivity index is 1.90. The molecule has 1 amide bonds. The normalized spacial score (nSPS) is 10.6. The van der Waals surface area contributed by atoms with Crippen molar-refractivity contribution in [2.45, 2.75) is 26.3 Å². The number of aryl methyl sites for hydroxylation is 2. The number of rotatable bonds is 6. The third-order valence-electron chi connectivity index (χ3n) is 3.57. The lowest BCUT2D eigenvalue weighted by Gasteiger charge is -2.18. The average molecular weight is 349 g/mol. The van der Waals surface area contributed by atoms with Gasteiger partial charge in [-0.05, 0) is 47.3 Å². The van der Waals surface area contributed by atoms with Gasteiger partial charge in [0.25, 0.3) is 5.91 Å². The zero-order valence-electron chi connectivity index (χ0n) is 12.6. The van der Waals surface area contributed by atoms with E-state index in [0.717, 1.165) is 36.1 Å². The monoisotopic (exact) mass is 348 g/mol. The number of aromatic nitrogens is 1. The Labute approximate surface area is 134 Å². The first-order valence-electron chi connectivity index (χ1n) is 7.27. The molecular weight excluding hydrogens is 328 g/mol. The highest BCUT2D eigenvalue weighted by atomic mass is 79.9. The fraction of sp³-hybridized carbons (Fsp3) is 0.353. The number of halogens is 1. The lowest BCUT2D eigenvalue weighted by atomic mass is 10.1. The summed E-state index contributed by atoms with van der Waals surface area (Å²) in [5.74, 6) is 0.0793. The van der Waals surface area contributed by atoms with Crippen LogP contribution in [-0.2, 0) is 13.0 Å². The predicted octanol–water partition coefficient (Wildman–Crippen LogP) is 3.98. The number of carbonyl (C=O) groups excluding carboxylic acids is 1. The van der Waals surface area contributed by atoms with Gasteiger partial charge >= 0.3 is 0 Å². The van der Waals surface area contributed by atoms with Crippen molar-refractivity contribution < 1.29 is 4.79 Å². The standard InChI is InChI=1S/C17H21BrN2O/c1-3-20-13-15(18)12-16(20)17(21)19(2)11-7-10-14-8-5-4-6-9-14/h4-6,8-9,12-13H,3,7,10-11H2,1-2H3. The van der Waals surface area contributed by atoms with E-state index in [1.54, 1.807) is 4.90 Å². The molecule has 0 aliphatic carbocycles. The van der Waals surface area contributed by atoms with Crippen LogP contribution >= 0.6 is 15.9 Å². The van der Waals surface area contributed by atoms with Crippen LogP contribution in [0.3, 0.4) is 0 Å². The van der Waals surface area contributed by atoms with Gasteiger partial charge in [0.1, 0.15) is 5.69 Å². The first kappa shape index (κ1) is 15.8. The maximum Gasteiger partial charge on any atom is 0.270 e. The molecule has 0 aliphatic heterocycles. The van der Waals surface area contributed by atoms with Crippen molar-refractivity contribution in [2.24, 2.45) is 0 Å². The molecule has 0 N–H and O–H groups in total. The molecule has 0 bridgehead atoms. The topological polar surface area (TPSA) is 25.2 Å². The number of benzene rings is 1. The van der Waals surface area contributed by atoms with Crippen molar-refractivity contribution >= 4 is 21.8 Å². The molecule has 0 aliphatic rings. The van der Waals surface area contributed by atoms with Crippen molar-refractivity contribution in [3.05, 3.63) is 58.3 Å². The van der Waals surface area contributed by atoms with Crippen molar-refractivity contribution in [3.8, 4) is 0 Å². The van der Waals surface area contributed by atoms with Gasteiger partial charge in [0.05, 0.1) is 0 Å². The Hall–Kier alpha value is -1.55. The Bertz CT molecular complexity index is 592. The Morgan fingerprint density at radius 1 is 1.29 bits per heavy atom. The molecule has 0 fully saturated rings. The van der Waals surface area contributed by atoms with Crippen LogP contribution in [0.1, 0.15) is 29.4 Å². The zero-order valence-corrected chi connectivity index (χ0v) is 14.1. The van der Waals surface area contributed by atoms with Gasteiger partial charge in [-0.2, -0.15) is 0 Å². The molecule has 0 spiro atoms. The molecule has 0 saturated heterocycles. The van der Waals surface area contributed by atoms with Crippen LogP contribution in [-0.4, -0.2) is 29.0 Å². The van der Waals surface area contributed by atoms with E-state index in [4.69, 9.17) is 0 Å². The number of hydrogen-bond acceptors (Lipinski definition) is 1. The van der Waals surface area contributed by atoms with Crippen LogP contribution in [0.15, 0.2) is 47.1 Å².